The first-order valence-electron chi connectivity index (χ1n) is 5.75. The molecular formula is C14H10Cl5N. The molecule has 0 aliphatic carbocycles. The van der Waals surface area contributed by atoms with Gasteiger partial charge >= 0.3 is 0 Å². The largest absolute Gasteiger partial charge is 0.376 e. The van der Waals surface area contributed by atoms with Gasteiger partial charge in [0.15, 0.2) is 0 Å². The topological polar surface area (TPSA) is 12.0 Å². The summed E-state index contributed by atoms with van der Waals surface area (Å²) in [7, 11) is 0. The van der Waals surface area contributed by atoms with E-state index in [1.807, 2.05) is 19.1 Å². The van der Waals surface area contributed by atoms with Crippen LogP contribution in [-0.2, 0) is 0 Å². The van der Waals surface area contributed by atoms with Crippen LogP contribution in [0.3, 0.4) is 0 Å². The molecule has 1 N–H and O–H groups in total. The van der Waals surface area contributed by atoms with Gasteiger partial charge in [0, 0.05) is 5.02 Å². The molecule has 0 aliphatic heterocycles. The van der Waals surface area contributed by atoms with Gasteiger partial charge in [0.25, 0.3) is 0 Å². The lowest BCUT2D eigenvalue weighted by Gasteiger charge is -2.19. The third-order valence-corrected chi connectivity index (χ3v) is 4.46. The molecular weight excluding hydrogens is 359 g/mol. The number of halogens is 5. The smallest absolute Gasteiger partial charge is 0.0724 e. The molecule has 106 valence electrons. The summed E-state index contributed by atoms with van der Waals surface area (Å²) in [6, 6.07) is 8.61. The van der Waals surface area contributed by atoms with Crippen LogP contribution in [0, 0.1) is 0 Å². The van der Waals surface area contributed by atoms with Crippen molar-refractivity contribution < 1.29 is 0 Å². The van der Waals surface area contributed by atoms with Crippen molar-refractivity contribution >= 4 is 63.7 Å². The van der Waals surface area contributed by atoms with Gasteiger partial charge in [-0.3, -0.25) is 0 Å². The van der Waals surface area contributed by atoms with Crippen LogP contribution < -0.4 is 5.32 Å². The average Bonchev–Trinajstić information content (AvgIpc) is 2.36. The second-order valence-corrected chi connectivity index (χ2v) is 6.29. The molecule has 1 nitrogen and oxygen atoms in total. The van der Waals surface area contributed by atoms with Gasteiger partial charge in [-0.25, -0.2) is 0 Å². The molecule has 0 bridgehead atoms. The molecule has 2 aromatic carbocycles. The third-order valence-electron chi connectivity index (χ3n) is 2.82. The van der Waals surface area contributed by atoms with Crippen LogP contribution in [0.4, 0.5) is 5.69 Å². The van der Waals surface area contributed by atoms with E-state index < -0.39 is 0 Å². The van der Waals surface area contributed by atoms with Crippen molar-refractivity contribution in [1.82, 2.24) is 0 Å². The summed E-state index contributed by atoms with van der Waals surface area (Å²) < 4.78 is 0. The van der Waals surface area contributed by atoms with E-state index in [1.165, 1.54) is 0 Å². The minimum atomic E-state index is -0.114. The Labute approximate surface area is 142 Å². The Kier molecular flexibility index (Phi) is 5.33. The number of benzene rings is 2. The van der Waals surface area contributed by atoms with Crippen molar-refractivity contribution in [2.75, 3.05) is 5.32 Å². The molecule has 1 unspecified atom stereocenters. The van der Waals surface area contributed by atoms with E-state index in [9.17, 15) is 0 Å². The highest BCUT2D eigenvalue weighted by molar-refractivity contribution is 6.43. The molecule has 0 saturated carbocycles. The molecule has 6 heteroatoms. The van der Waals surface area contributed by atoms with Crippen molar-refractivity contribution in [3.63, 3.8) is 0 Å². The lowest BCUT2D eigenvalue weighted by Crippen LogP contribution is -2.08. The van der Waals surface area contributed by atoms with Crippen molar-refractivity contribution in [2.45, 2.75) is 13.0 Å². The molecule has 20 heavy (non-hydrogen) atoms. The van der Waals surface area contributed by atoms with Crippen molar-refractivity contribution in [1.29, 1.82) is 0 Å². The molecule has 0 radical (unpaired) electrons. The van der Waals surface area contributed by atoms with E-state index in [-0.39, 0.29) is 6.04 Å². The normalized spacial score (nSPS) is 12.3. The Hall–Kier alpha value is -0.310. The first-order chi connectivity index (χ1) is 9.40. The monoisotopic (exact) mass is 367 g/mol. The first-order valence-corrected chi connectivity index (χ1v) is 7.64. The summed E-state index contributed by atoms with van der Waals surface area (Å²) in [5, 5.41) is 5.63. The summed E-state index contributed by atoms with van der Waals surface area (Å²) in [5.74, 6) is 0. The summed E-state index contributed by atoms with van der Waals surface area (Å²) in [4.78, 5) is 0. The molecule has 0 aromatic heterocycles. The van der Waals surface area contributed by atoms with Crippen LogP contribution >= 0.6 is 58.0 Å². The predicted molar refractivity (Wildman–Crippen MR) is 90.0 cm³/mol. The van der Waals surface area contributed by atoms with E-state index in [0.29, 0.717) is 30.8 Å². The summed E-state index contributed by atoms with van der Waals surface area (Å²) in [5.41, 5.74) is 1.47. The predicted octanol–water partition coefficient (Wildman–Crippen LogP) is 7.13. The first kappa shape index (κ1) is 16.1. The number of rotatable bonds is 3. The van der Waals surface area contributed by atoms with E-state index in [4.69, 9.17) is 58.0 Å². The zero-order chi connectivity index (χ0) is 14.9. The number of anilines is 1. The van der Waals surface area contributed by atoms with Gasteiger partial charge in [-0.1, -0.05) is 70.1 Å². The van der Waals surface area contributed by atoms with Crippen LogP contribution in [0.25, 0.3) is 0 Å². The molecule has 0 heterocycles. The van der Waals surface area contributed by atoms with Crippen molar-refractivity contribution in [2.24, 2.45) is 0 Å². The van der Waals surface area contributed by atoms with Gasteiger partial charge in [0.05, 0.1) is 31.8 Å². The Morgan fingerprint density at radius 2 is 1.50 bits per heavy atom. The number of nitrogens with one attached hydrogen (secondary N) is 1. The van der Waals surface area contributed by atoms with E-state index in [1.54, 1.807) is 18.2 Å². The lowest BCUT2D eigenvalue weighted by molar-refractivity contribution is 0.885. The average molecular weight is 370 g/mol. The molecule has 0 amide bonds. The van der Waals surface area contributed by atoms with Crippen LogP contribution in [0.1, 0.15) is 18.5 Å². The van der Waals surface area contributed by atoms with Gasteiger partial charge in [0.2, 0.25) is 0 Å². The van der Waals surface area contributed by atoms with E-state index in [0.717, 1.165) is 5.56 Å². The Morgan fingerprint density at radius 3 is 2.10 bits per heavy atom. The highest BCUT2D eigenvalue weighted by atomic mass is 35.5. The van der Waals surface area contributed by atoms with E-state index >= 15 is 0 Å². The van der Waals surface area contributed by atoms with Crippen LogP contribution in [0.5, 0.6) is 0 Å². The fourth-order valence-electron chi connectivity index (χ4n) is 1.83. The SMILES string of the molecule is CC(Nc1c(Cl)cc(Cl)cc1Cl)c1cccc(Cl)c1Cl. The van der Waals surface area contributed by atoms with Crippen molar-refractivity contribution in [3.8, 4) is 0 Å². The van der Waals surface area contributed by atoms with Gasteiger partial charge in [-0.2, -0.15) is 0 Å². The summed E-state index contributed by atoms with van der Waals surface area (Å²) in [6.45, 7) is 1.94. The highest BCUT2D eigenvalue weighted by Crippen LogP contribution is 2.37. The third kappa shape index (κ3) is 3.47. The summed E-state index contributed by atoms with van der Waals surface area (Å²) >= 11 is 30.4. The van der Waals surface area contributed by atoms with Crippen LogP contribution in [0.2, 0.25) is 25.1 Å². The maximum absolute atomic E-state index is 6.20. The molecule has 0 fully saturated rings. The van der Waals surface area contributed by atoms with Gasteiger partial charge < -0.3 is 5.32 Å². The van der Waals surface area contributed by atoms with Gasteiger partial charge in [-0.05, 0) is 30.7 Å². The quantitative estimate of drug-likeness (QED) is 0.607. The second kappa shape index (κ2) is 6.64. The minimum absolute atomic E-state index is 0.114. The fourth-order valence-corrected chi connectivity index (χ4v) is 3.23. The van der Waals surface area contributed by atoms with Gasteiger partial charge in [-0.15, -0.1) is 0 Å². The molecule has 2 aromatic rings. The Balaban J connectivity index is 2.33. The highest BCUT2D eigenvalue weighted by Gasteiger charge is 2.15. The maximum Gasteiger partial charge on any atom is 0.0724 e. The number of hydrogen-bond donors (Lipinski definition) is 1. The lowest BCUT2D eigenvalue weighted by atomic mass is 10.1. The molecule has 0 aliphatic rings. The summed E-state index contributed by atoms with van der Waals surface area (Å²) in [6.07, 6.45) is 0. The maximum atomic E-state index is 6.20. The standard InChI is InChI=1S/C14H10Cl5N/c1-7(9-3-2-4-10(16)13(9)19)20-14-11(17)5-8(15)6-12(14)18/h2-7,20H,1H3. The van der Waals surface area contributed by atoms with Gasteiger partial charge in [0.1, 0.15) is 0 Å². The Bertz CT molecular complexity index is 618. The number of hydrogen-bond acceptors (Lipinski definition) is 1. The molecule has 1 atom stereocenters. The second-order valence-electron chi connectivity index (χ2n) is 4.25. The van der Waals surface area contributed by atoms with E-state index in [2.05, 4.69) is 5.32 Å². The van der Waals surface area contributed by atoms with Crippen LogP contribution in [0.15, 0.2) is 30.3 Å². The fraction of sp³-hybridized carbons (Fsp3) is 0.143. The molecule has 0 saturated heterocycles. The minimum Gasteiger partial charge on any atom is -0.376 e. The zero-order valence-electron chi connectivity index (χ0n) is 10.4. The zero-order valence-corrected chi connectivity index (χ0v) is 14.1. The van der Waals surface area contributed by atoms with Crippen LogP contribution in [-0.4, -0.2) is 0 Å². The molecule has 0 spiro atoms. The Morgan fingerprint density at radius 1 is 0.900 bits per heavy atom. The van der Waals surface area contributed by atoms with Crippen molar-refractivity contribution in [3.05, 3.63) is 61.0 Å². The molecule has 2 rings (SSSR count).